The molecule has 0 radical (unpaired) electrons. The van der Waals surface area contributed by atoms with Gasteiger partial charge in [-0.2, -0.15) is 5.10 Å². The number of nitrogens with one attached hydrogen (secondary N) is 2. The molecule has 3 N–H and O–H groups in total. The lowest BCUT2D eigenvalue weighted by Gasteiger charge is -2.09. The number of aromatic nitrogens is 2. The molecule has 0 saturated carbocycles. The molecule has 132 valence electrons. The summed E-state index contributed by atoms with van der Waals surface area (Å²) in [4.78, 5) is 24.5. The Morgan fingerprint density at radius 2 is 1.73 bits per heavy atom. The van der Waals surface area contributed by atoms with Crippen LogP contribution in [0, 0.1) is 10.5 Å². The molecule has 3 rings (SSSR count). The van der Waals surface area contributed by atoms with E-state index in [1.54, 1.807) is 24.3 Å². The second-order valence-corrected chi connectivity index (χ2v) is 6.57. The van der Waals surface area contributed by atoms with Crippen molar-refractivity contribution in [3.8, 4) is 11.4 Å². The molecule has 0 unspecified atom stereocenters. The summed E-state index contributed by atoms with van der Waals surface area (Å²) < 4.78 is 2.18. The van der Waals surface area contributed by atoms with Crippen LogP contribution in [0.3, 0.4) is 0 Å². The summed E-state index contributed by atoms with van der Waals surface area (Å²) in [7, 11) is 0. The first-order chi connectivity index (χ1) is 12.5. The van der Waals surface area contributed by atoms with Crippen LogP contribution in [0.2, 0.25) is 0 Å². The summed E-state index contributed by atoms with van der Waals surface area (Å²) in [5.74, 6) is -1.45. The van der Waals surface area contributed by atoms with E-state index in [1.165, 1.54) is 10.9 Å². The van der Waals surface area contributed by atoms with E-state index in [1.807, 2.05) is 31.2 Å². The van der Waals surface area contributed by atoms with Crippen molar-refractivity contribution in [2.75, 3.05) is 0 Å². The van der Waals surface area contributed by atoms with E-state index >= 15 is 0 Å². The standard InChI is InChI=1S/C18H15IN4O3/c1-11-6-5-9-13(15(11)19)17(25)20-21-18(26)16-14(24)10-23(22-16)12-7-3-2-4-8-12/h2-10,24H,1H3,(H,20,25)(H,21,26). The number of carbonyl (C=O) groups excluding carboxylic acids is 2. The molecular weight excluding hydrogens is 447 g/mol. The van der Waals surface area contributed by atoms with Gasteiger partial charge in [-0.3, -0.25) is 20.4 Å². The Morgan fingerprint density at radius 3 is 2.46 bits per heavy atom. The minimum atomic E-state index is -0.715. The molecule has 7 nitrogen and oxygen atoms in total. The van der Waals surface area contributed by atoms with Crippen molar-refractivity contribution in [3.05, 3.63) is 75.1 Å². The fourth-order valence-electron chi connectivity index (χ4n) is 2.30. The molecule has 26 heavy (non-hydrogen) atoms. The summed E-state index contributed by atoms with van der Waals surface area (Å²) in [5.41, 5.74) is 6.53. The molecule has 0 aliphatic heterocycles. The number of hydrazine groups is 1. The van der Waals surface area contributed by atoms with Gasteiger partial charge in [-0.05, 0) is 53.3 Å². The number of amides is 2. The fraction of sp³-hybridized carbons (Fsp3) is 0.0556. The van der Waals surface area contributed by atoms with Gasteiger partial charge in [0.1, 0.15) is 0 Å². The van der Waals surface area contributed by atoms with Gasteiger partial charge in [0, 0.05) is 3.57 Å². The Morgan fingerprint density at radius 1 is 1.04 bits per heavy atom. The predicted octanol–water partition coefficient (Wildman–Crippen LogP) is 2.57. The molecule has 0 aliphatic rings. The molecule has 3 aromatic rings. The third kappa shape index (κ3) is 3.69. The molecular formula is C18H15IN4O3. The van der Waals surface area contributed by atoms with Gasteiger partial charge in [-0.1, -0.05) is 30.3 Å². The maximum Gasteiger partial charge on any atom is 0.294 e. The Balaban J connectivity index is 1.72. The van der Waals surface area contributed by atoms with E-state index in [0.717, 1.165) is 9.13 Å². The first-order valence-electron chi connectivity index (χ1n) is 7.67. The lowest BCUT2D eigenvalue weighted by atomic mass is 10.1. The molecule has 0 spiro atoms. The molecule has 0 aliphatic carbocycles. The average molecular weight is 462 g/mol. The topological polar surface area (TPSA) is 96.3 Å². The van der Waals surface area contributed by atoms with Gasteiger partial charge < -0.3 is 5.11 Å². The van der Waals surface area contributed by atoms with Gasteiger partial charge in [-0.25, -0.2) is 4.68 Å². The molecule has 2 aromatic carbocycles. The van der Waals surface area contributed by atoms with Crippen molar-refractivity contribution in [3.63, 3.8) is 0 Å². The second kappa shape index (κ2) is 7.56. The fourth-order valence-corrected chi connectivity index (χ4v) is 2.91. The quantitative estimate of drug-likeness (QED) is 0.412. The Hall–Kier alpha value is -2.88. The second-order valence-electron chi connectivity index (χ2n) is 5.49. The van der Waals surface area contributed by atoms with Gasteiger partial charge in [-0.15, -0.1) is 0 Å². The predicted molar refractivity (Wildman–Crippen MR) is 104 cm³/mol. The number of carbonyl (C=O) groups is 2. The van der Waals surface area contributed by atoms with Crippen LogP contribution < -0.4 is 10.9 Å². The molecule has 0 fully saturated rings. The van der Waals surface area contributed by atoms with Crippen LogP contribution in [0.4, 0.5) is 0 Å². The third-order valence-electron chi connectivity index (χ3n) is 3.66. The summed E-state index contributed by atoms with van der Waals surface area (Å²) in [6.07, 6.45) is 1.33. The number of aromatic hydroxyl groups is 1. The highest BCUT2D eigenvalue weighted by molar-refractivity contribution is 14.1. The minimum Gasteiger partial charge on any atom is -0.504 e. The van der Waals surface area contributed by atoms with E-state index in [2.05, 4.69) is 38.5 Å². The normalized spacial score (nSPS) is 10.4. The number of para-hydroxylation sites is 1. The lowest BCUT2D eigenvalue weighted by Crippen LogP contribution is -2.42. The van der Waals surface area contributed by atoms with Gasteiger partial charge in [0.2, 0.25) is 0 Å². The lowest BCUT2D eigenvalue weighted by molar-refractivity contribution is 0.0841. The van der Waals surface area contributed by atoms with Crippen molar-refractivity contribution in [1.29, 1.82) is 0 Å². The number of benzene rings is 2. The monoisotopic (exact) mass is 462 g/mol. The highest BCUT2D eigenvalue weighted by atomic mass is 127. The third-order valence-corrected chi connectivity index (χ3v) is 5.09. The molecule has 1 heterocycles. The number of hydrogen-bond donors (Lipinski definition) is 3. The van der Waals surface area contributed by atoms with E-state index in [4.69, 9.17) is 0 Å². The molecule has 1 aromatic heterocycles. The van der Waals surface area contributed by atoms with Crippen LogP contribution in [0.25, 0.3) is 5.69 Å². The molecule has 0 saturated heterocycles. The zero-order valence-corrected chi connectivity index (χ0v) is 15.9. The Kier molecular flexibility index (Phi) is 5.21. The van der Waals surface area contributed by atoms with Crippen molar-refractivity contribution in [2.24, 2.45) is 0 Å². The molecule has 8 heteroatoms. The van der Waals surface area contributed by atoms with Crippen LogP contribution in [-0.2, 0) is 0 Å². The first-order valence-corrected chi connectivity index (χ1v) is 8.75. The highest BCUT2D eigenvalue weighted by Gasteiger charge is 2.18. The number of nitrogens with zero attached hydrogens (tertiary/aromatic N) is 2. The van der Waals surface area contributed by atoms with Crippen molar-refractivity contribution < 1.29 is 14.7 Å². The summed E-state index contributed by atoms with van der Waals surface area (Å²) in [6.45, 7) is 1.89. The largest absolute Gasteiger partial charge is 0.504 e. The number of hydrogen-bond acceptors (Lipinski definition) is 4. The van der Waals surface area contributed by atoms with Crippen molar-refractivity contribution in [2.45, 2.75) is 6.92 Å². The number of rotatable bonds is 3. The van der Waals surface area contributed by atoms with Gasteiger partial charge in [0.25, 0.3) is 11.8 Å². The van der Waals surface area contributed by atoms with E-state index < -0.39 is 11.8 Å². The van der Waals surface area contributed by atoms with Crippen molar-refractivity contribution in [1.82, 2.24) is 20.6 Å². The molecule has 2 amide bonds. The van der Waals surface area contributed by atoms with Gasteiger partial charge in [0.15, 0.2) is 11.4 Å². The number of halogens is 1. The first kappa shape index (κ1) is 17.9. The van der Waals surface area contributed by atoms with E-state index in [0.29, 0.717) is 11.3 Å². The zero-order chi connectivity index (χ0) is 18.7. The Labute approximate surface area is 163 Å². The Bertz CT molecular complexity index is 970. The van der Waals surface area contributed by atoms with Crippen LogP contribution in [0.5, 0.6) is 5.75 Å². The maximum absolute atomic E-state index is 12.2. The maximum atomic E-state index is 12.2. The molecule has 0 atom stereocenters. The average Bonchev–Trinajstić information content (AvgIpc) is 3.04. The zero-order valence-electron chi connectivity index (χ0n) is 13.7. The van der Waals surface area contributed by atoms with Gasteiger partial charge >= 0.3 is 0 Å². The summed E-state index contributed by atoms with van der Waals surface area (Å²) in [5, 5.41) is 14.0. The molecule has 0 bridgehead atoms. The highest BCUT2D eigenvalue weighted by Crippen LogP contribution is 2.18. The number of aryl methyl sites for hydroxylation is 1. The minimum absolute atomic E-state index is 0.187. The SMILES string of the molecule is Cc1cccc(C(=O)NNC(=O)c2nn(-c3ccccc3)cc2O)c1I. The van der Waals surface area contributed by atoms with E-state index in [9.17, 15) is 14.7 Å². The van der Waals surface area contributed by atoms with Crippen LogP contribution in [0.1, 0.15) is 26.4 Å². The van der Waals surface area contributed by atoms with Crippen LogP contribution in [0.15, 0.2) is 54.7 Å². The summed E-state index contributed by atoms with van der Waals surface area (Å²) in [6, 6.07) is 14.4. The van der Waals surface area contributed by atoms with Gasteiger partial charge in [0.05, 0.1) is 17.4 Å². The summed E-state index contributed by atoms with van der Waals surface area (Å²) >= 11 is 2.07. The van der Waals surface area contributed by atoms with Crippen LogP contribution in [-0.4, -0.2) is 26.7 Å². The van der Waals surface area contributed by atoms with Crippen molar-refractivity contribution >= 4 is 34.4 Å². The van der Waals surface area contributed by atoms with E-state index in [-0.39, 0.29) is 11.4 Å². The smallest absolute Gasteiger partial charge is 0.294 e. The van der Waals surface area contributed by atoms with Crippen LogP contribution >= 0.6 is 22.6 Å².